The first kappa shape index (κ1) is 12.1. The summed E-state index contributed by atoms with van der Waals surface area (Å²) < 4.78 is 0. The first-order valence-electron chi connectivity index (χ1n) is 6.24. The number of benzene rings is 1. The molecule has 2 aromatic heterocycles. The lowest BCUT2D eigenvalue weighted by Gasteiger charge is -2.08. The van der Waals surface area contributed by atoms with Crippen LogP contribution in [0.4, 0.5) is 5.69 Å². The molecule has 1 N–H and O–H groups in total. The molecule has 3 rings (SSSR count). The van der Waals surface area contributed by atoms with Gasteiger partial charge >= 0.3 is 0 Å². The summed E-state index contributed by atoms with van der Waals surface area (Å²) in [6.45, 7) is 4.83. The number of pyridine rings is 1. The van der Waals surface area contributed by atoms with E-state index >= 15 is 0 Å². The first-order chi connectivity index (χ1) is 9.22. The smallest absolute Gasteiger partial charge is 0.0936 e. The Hall–Kier alpha value is -1.94. The average molecular weight is 269 g/mol. The summed E-state index contributed by atoms with van der Waals surface area (Å²) in [5.74, 6) is 0. The van der Waals surface area contributed by atoms with E-state index in [0.29, 0.717) is 0 Å². The number of anilines is 1. The maximum atomic E-state index is 4.62. The first-order valence-corrected chi connectivity index (χ1v) is 7.05. The molecule has 1 aromatic carbocycles. The molecule has 3 aromatic rings. The average Bonchev–Trinajstić information content (AvgIpc) is 2.82. The number of nitrogens with zero attached hydrogens (tertiary/aromatic N) is 2. The molecule has 4 heteroatoms. The third-order valence-electron chi connectivity index (χ3n) is 2.98. The van der Waals surface area contributed by atoms with Crippen LogP contribution in [0.3, 0.4) is 0 Å². The molecule has 0 saturated carbocycles. The number of rotatable bonds is 3. The van der Waals surface area contributed by atoms with Crippen molar-refractivity contribution in [1.82, 2.24) is 9.97 Å². The second-order valence-electron chi connectivity index (χ2n) is 4.53. The predicted octanol–water partition coefficient (Wildman–Crippen LogP) is 3.92. The molecule has 2 heterocycles. The molecule has 0 amide bonds. The molecule has 96 valence electrons. The number of nitrogens with one attached hydrogen (secondary N) is 1. The van der Waals surface area contributed by atoms with Crippen LogP contribution in [0.15, 0.2) is 36.5 Å². The third-order valence-corrected chi connectivity index (χ3v) is 3.89. The van der Waals surface area contributed by atoms with Crippen LogP contribution in [0.2, 0.25) is 0 Å². The number of para-hydroxylation sites is 1. The Balaban J connectivity index is 1.90. The fourth-order valence-electron chi connectivity index (χ4n) is 2.06. The van der Waals surface area contributed by atoms with Crippen molar-refractivity contribution < 1.29 is 0 Å². The van der Waals surface area contributed by atoms with E-state index in [1.54, 1.807) is 11.3 Å². The molecule has 0 unspecified atom stereocenters. The Morgan fingerprint density at radius 1 is 1.16 bits per heavy atom. The number of aromatic nitrogens is 2. The maximum absolute atomic E-state index is 4.62. The molecular formula is C15H15N3S. The van der Waals surface area contributed by atoms with Crippen LogP contribution in [0.1, 0.15) is 15.6 Å². The SMILES string of the molecule is Cc1ccc2cccc(NCc3cnc(C)s3)c2n1. The van der Waals surface area contributed by atoms with E-state index in [1.807, 2.05) is 26.1 Å². The molecule has 0 aliphatic heterocycles. The number of fused-ring (bicyclic) bond motifs is 1. The van der Waals surface area contributed by atoms with E-state index in [1.165, 1.54) is 4.88 Å². The van der Waals surface area contributed by atoms with Crippen molar-refractivity contribution in [2.24, 2.45) is 0 Å². The zero-order valence-corrected chi connectivity index (χ0v) is 11.8. The van der Waals surface area contributed by atoms with E-state index in [0.717, 1.165) is 33.8 Å². The summed E-state index contributed by atoms with van der Waals surface area (Å²) in [6.07, 6.45) is 1.93. The van der Waals surface area contributed by atoms with Gasteiger partial charge in [0.1, 0.15) is 0 Å². The van der Waals surface area contributed by atoms with Crippen molar-refractivity contribution >= 4 is 27.9 Å². The van der Waals surface area contributed by atoms with Crippen LogP contribution >= 0.6 is 11.3 Å². The highest BCUT2D eigenvalue weighted by atomic mass is 32.1. The van der Waals surface area contributed by atoms with Gasteiger partial charge in [0.2, 0.25) is 0 Å². The lowest BCUT2D eigenvalue weighted by atomic mass is 10.1. The summed E-state index contributed by atoms with van der Waals surface area (Å²) in [5, 5.41) is 5.72. The van der Waals surface area contributed by atoms with Crippen molar-refractivity contribution in [1.29, 1.82) is 0 Å². The van der Waals surface area contributed by atoms with Gasteiger partial charge in [-0.05, 0) is 26.0 Å². The highest BCUT2D eigenvalue weighted by molar-refractivity contribution is 7.11. The van der Waals surface area contributed by atoms with Crippen molar-refractivity contribution in [3.63, 3.8) is 0 Å². The molecule has 3 nitrogen and oxygen atoms in total. The summed E-state index contributed by atoms with van der Waals surface area (Å²) in [6, 6.07) is 10.4. The van der Waals surface area contributed by atoms with Gasteiger partial charge < -0.3 is 5.32 Å². The zero-order chi connectivity index (χ0) is 13.2. The molecule has 0 spiro atoms. The standard InChI is InChI=1S/C15H15N3S/c1-10-6-7-12-4-3-5-14(15(12)18-10)17-9-13-8-16-11(2)19-13/h3-8,17H,9H2,1-2H3. The van der Waals surface area contributed by atoms with Crippen LogP contribution in [0.25, 0.3) is 10.9 Å². The number of aryl methyl sites for hydroxylation is 2. The fourth-order valence-corrected chi connectivity index (χ4v) is 2.79. The van der Waals surface area contributed by atoms with E-state index in [-0.39, 0.29) is 0 Å². The second-order valence-corrected chi connectivity index (χ2v) is 5.85. The Morgan fingerprint density at radius 2 is 2.05 bits per heavy atom. The summed E-state index contributed by atoms with van der Waals surface area (Å²) in [5.41, 5.74) is 3.14. The highest BCUT2D eigenvalue weighted by Gasteiger charge is 2.03. The minimum Gasteiger partial charge on any atom is -0.378 e. The molecular weight excluding hydrogens is 254 g/mol. The molecule has 19 heavy (non-hydrogen) atoms. The van der Waals surface area contributed by atoms with Crippen molar-refractivity contribution in [3.05, 3.63) is 52.1 Å². The van der Waals surface area contributed by atoms with Crippen LogP contribution in [0.5, 0.6) is 0 Å². The van der Waals surface area contributed by atoms with Crippen LogP contribution < -0.4 is 5.32 Å². The van der Waals surface area contributed by atoms with E-state index in [4.69, 9.17) is 0 Å². The molecule has 0 bridgehead atoms. The third kappa shape index (κ3) is 2.58. The summed E-state index contributed by atoms with van der Waals surface area (Å²) in [4.78, 5) is 10.1. The van der Waals surface area contributed by atoms with E-state index in [9.17, 15) is 0 Å². The number of hydrogen-bond donors (Lipinski definition) is 1. The monoisotopic (exact) mass is 269 g/mol. The minimum absolute atomic E-state index is 0.792. The summed E-state index contributed by atoms with van der Waals surface area (Å²) >= 11 is 1.72. The fraction of sp³-hybridized carbons (Fsp3) is 0.200. The predicted molar refractivity (Wildman–Crippen MR) is 80.7 cm³/mol. The van der Waals surface area contributed by atoms with Crippen LogP contribution in [0, 0.1) is 13.8 Å². The Kier molecular flexibility index (Phi) is 3.17. The van der Waals surface area contributed by atoms with Gasteiger partial charge in [0, 0.05) is 22.2 Å². The Labute approximate surface area is 116 Å². The van der Waals surface area contributed by atoms with Gasteiger partial charge in [0.05, 0.1) is 22.8 Å². The molecule has 0 atom stereocenters. The van der Waals surface area contributed by atoms with Crippen molar-refractivity contribution in [2.75, 3.05) is 5.32 Å². The van der Waals surface area contributed by atoms with Crippen LogP contribution in [-0.2, 0) is 6.54 Å². The van der Waals surface area contributed by atoms with Gasteiger partial charge in [-0.25, -0.2) is 4.98 Å². The van der Waals surface area contributed by atoms with Gasteiger partial charge in [-0.3, -0.25) is 4.98 Å². The van der Waals surface area contributed by atoms with E-state index in [2.05, 4.69) is 39.6 Å². The topological polar surface area (TPSA) is 37.8 Å². The Bertz CT molecular complexity index is 718. The van der Waals surface area contributed by atoms with Gasteiger partial charge in [-0.2, -0.15) is 0 Å². The van der Waals surface area contributed by atoms with Gasteiger partial charge in [-0.15, -0.1) is 11.3 Å². The quantitative estimate of drug-likeness (QED) is 0.783. The molecule has 0 radical (unpaired) electrons. The van der Waals surface area contributed by atoms with Crippen molar-refractivity contribution in [3.8, 4) is 0 Å². The molecule has 0 fully saturated rings. The van der Waals surface area contributed by atoms with E-state index < -0.39 is 0 Å². The number of thiazole rings is 1. The van der Waals surface area contributed by atoms with Gasteiger partial charge in [0.25, 0.3) is 0 Å². The van der Waals surface area contributed by atoms with Gasteiger partial charge in [0.15, 0.2) is 0 Å². The van der Waals surface area contributed by atoms with Gasteiger partial charge in [-0.1, -0.05) is 18.2 Å². The molecule has 0 aliphatic carbocycles. The van der Waals surface area contributed by atoms with Crippen LogP contribution in [-0.4, -0.2) is 9.97 Å². The zero-order valence-electron chi connectivity index (χ0n) is 11.0. The number of hydrogen-bond acceptors (Lipinski definition) is 4. The van der Waals surface area contributed by atoms with Crippen molar-refractivity contribution in [2.45, 2.75) is 20.4 Å². The normalized spacial score (nSPS) is 10.8. The minimum atomic E-state index is 0.792. The Morgan fingerprint density at radius 3 is 2.84 bits per heavy atom. The lowest BCUT2D eigenvalue weighted by Crippen LogP contribution is -1.99. The maximum Gasteiger partial charge on any atom is 0.0936 e. The largest absolute Gasteiger partial charge is 0.378 e. The highest BCUT2D eigenvalue weighted by Crippen LogP contribution is 2.23. The lowest BCUT2D eigenvalue weighted by molar-refractivity contribution is 1.16. The second kappa shape index (κ2) is 4.97. The summed E-state index contributed by atoms with van der Waals surface area (Å²) in [7, 11) is 0. The molecule has 0 aliphatic rings. The molecule has 0 saturated heterocycles.